The maximum absolute atomic E-state index is 14.1. The van der Waals surface area contributed by atoms with Crippen molar-refractivity contribution in [3.05, 3.63) is 59.6 Å². The van der Waals surface area contributed by atoms with Gasteiger partial charge in [0, 0.05) is 18.7 Å². The number of hydrogen-bond donors (Lipinski definition) is 3. The number of carbonyl (C=O) groups is 1. The number of rotatable bonds is 5. The zero-order valence-electron chi connectivity index (χ0n) is 19.2. The highest BCUT2D eigenvalue weighted by Crippen LogP contribution is 2.40. The molecule has 2 atom stereocenters. The van der Waals surface area contributed by atoms with Gasteiger partial charge in [-0.1, -0.05) is 0 Å². The molecule has 2 aromatic heterocycles. The van der Waals surface area contributed by atoms with E-state index in [1.165, 1.54) is 24.0 Å². The van der Waals surface area contributed by atoms with Crippen molar-refractivity contribution in [2.45, 2.75) is 45.0 Å². The van der Waals surface area contributed by atoms with E-state index in [9.17, 15) is 27.5 Å². The van der Waals surface area contributed by atoms with Crippen molar-refractivity contribution in [3.8, 4) is 11.3 Å². The average Bonchev–Trinajstić information content (AvgIpc) is 3.17. The molecule has 0 radical (unpaired) electrons. The molecule has 8 nitrogen and oxygen atoms in total. The molecule has 0 unspecified atom stereocenters. The summed E-state index contributed by atoms with van der Waals surface area (Å²) >= 11 is 0. The maximum atomic E-state index is 14.1. The minimum Gasteiger partial charge on any atom is -0.391 e. The van der Waals surface area contributed by atoms with Crippen LogP contribution in [0.2, 0.25) is 0 Å². The summed E-state index contributed by atoms with van der Waals surface area (Å²) in [5, 5.41) is 12.8. The van der Waals surface area contributed by atoms with Crippen molar-refractivity contribution < 1.29 is 27.5 Å². The number of pyridine rings is 1. The summed E-state index contributed by atoms with van der Waals surface area (Å²) in [5.74, 6) is -4.61. The highest BCUT2D eigenvalue weighted by Gasteiger charge is 2.43. The number of carbonyl (C=O) groups excluding carboxylic acids is 1. The summed E-state index contributed by atoms with van der Waals surface area (Å²) < 4.78 is 56.9. The van der Waals surface area contributed by atoms with Crippen molar-refractivity contribution >= 4 is 17.5 Å². The highest BCUT2D eigenvalue weighted by molar-refractivity contribution is 5.83. The average molecular weight is 492 g/mol. The van der Waals surface area contributed by atoms with Gasteiger partial charge in [0.05, 0.1) is 17.8 Å². The Labute approximate surface area is 198 Å². The molecular formula is C23H24F4N6O2. The van der Waals surface area contributed by atoms with Gasteiger partial charge in [-0.2, -0.15) is 0 Å². The van der Waals surface area contributed by atoms with E-state index < -0.39 is 46.9 Å². The van der Waals surface area contributed by atoms with Gasteiger partial charge in [0.25, 0.3) is 0 Å². The van der Waals surface area contributed by atoms with Gasteiger partial charge < -0.3 is 25.6 Å². The molecule has 1 aliphatic heterocycles. The Morgan fingerprint density at radius 1 is 1.17 bits per heavy atom. The zero-order valence-corrected chi connectivity index (χ0v) is 19.2. The molecule has 1 amide bonds. The standard InChI is InChI=1S/C23H24F4N6O2/c1-11(34)18(28)21(35)33-7-6-32-20(30-16-5-4-13(24)10-29-16)19(31-22(32)23(33,2)3)12-8-14(25)17(27)15(26)9-12/h4-5,8-11,18,34H,6-7,28H2,1-3H3,(H,29,30)/t11-,18-/m0/s1. The van der Waals surface area contributed by atoms with Crippen molar-refractivity contribution in [1.29, 1.82) is 0 Å². The number of fused-ring (bicyclic) bond motifs is 1. The molecular weight excluding hydrogens is 468 g/mol. The van der Waals surface area contributed by atoms with Gasteiger partial charge in [0.1, 0.15) is 35.0 Å². The molecule has 1 aromatic carbocycles. The minimum atomic E-state index is -1.61. The van der Waals surface area contributed by atoms with Gasteiger partial charge in [-0.3, -0.25) is 4.79 Å². The Bertz CT molecular complexity index is 1250. The lowest BCUT2D eigenvalue weighted by Crippen LogP contribution is -2.58. The summed E-state index contributed by atoms with van der Waals surface area (Å²) in [4.78, 5) is 23.0. The quantitative estimate of drug-likeness (QED) is 0.373. The number of nitrogens with one attached hydrogen (secondary N) is 1. The summed E-state index contributed by atoms with van der Waals surface area (Å²) in [6.07, 6.45) is -0.0865. The predicted molar refractivity (Wildman–Crippen MR) is 119 cm³/mol. The van der Waals surface area contributed by atoms with E-state index in [4.69, 9.17) is 5.73 Å². The van der Waals surface area contributed by atoms with Crippen molar-refractivity contribution in [1.82, 2.24) is 19.4 Å². The fraction of sp³-hybridized carbons (Fsp3) is 0.348. The molecule has 4 N–H and O–H groups in total. The maximum Gasteiger partial charge on any atom is 0.243 e. The van der Waals surface area contributed by atoms with E-state index in [1.807, 2.05) is 0 Å². The summed E-state index contributed by atoms with van der Waals surface area (Å²) in [5.41, 5.74) is 4.85. The lowest BCUT2D eigenvalue weighted by molar-refractivity contribution is -0.142. The van der Waals surface area contributed by atoms with Gasteiger partial charge in [-0.25, -0.2) is 27.5 Å². The van der Waals surface area contributed by atoms with Crippen LogP contribution in [-0.4, -0.2) is 49.1 Å². The van der Waals surface area contributed by atoms with E-state index in [2.05, 4.69) is 15.3 Å². The molecule has 3 aromatic rings. The van der Waals surface area contributed by atoms with Gasteiger partial charge in [0.15, 0.2) is 17.5 Å². The second kappa shape index (κ2) is 8.93. The minimum absolute atomic E-state index is 0.0535. The molecule has 4 rings (SSSR count). The summed E-state index contributed by atoms with van der Waals surface area (Å²) in [6, 6.07) is 3.03. The number of nitrogens with two attached hydrogens (primary N) is 1. The smallest absolute Gasteiger partial charge is 0.243 e. The third-order valence-electron chi connectivity index (χ3n) is 6.04. The van der Waals surface area contributed by atoms with Crippen LogP contribution < -0.4 is 11.1 Å². The SMILES string of the molecule is C[C@H](O)[C@H](N)C(=O)N1CCn2c(nc(-c3cc(F)c(F)c(F)c3)c2Nc2ccc(F)cn2)C1(C)C. The number of halogens is 4. The summed E-state index contributed by atoms with van der Waals surface area (Å²) in [7, 11) is 0. The fourth-order valence-corrected chi connectivity index (χ4v) is 4.10. The number of benzene rings is 1. The number of aliphatic hydroxyl groups excluding tert-OH is 1. The second-order valence-corrected chi connectivity index (χ2v) is 8.84. The third-order valence-corrected chi connectivity index (χ3v) is 6.04. The Balaban J connectivity index is 1.87. The Morgan fingerprint density at radius 3 is 2.40 bits per heavy atom. The first-order valence-corrected chi connectivity index (χ1v) is 10.8. The summed E-state index contributed by atoms with van der Waals surface area (Å²) in [6.45, 7) is 5.24. The van der Waals surface area contributed by atoms with Crippen LogP contribution in [0.5, 0.6) is 0 Å². The molecule has 0 saturated heterocycles. The largest absolute Gasteiger partial charge is 0.391 e. The third kappa shape index (κ3) is 4.34. The van der Waals surface area contributed by atoms with Crippen LogP contribution in [0.15, 0.2) is 30.5 Å². The van der Waals surface area contributed by atoms with E-state index in [0.717, 1.165) is 18.3 Å². The van der Waals surface area contributed by atoms with Crippen LogP contribution in [-0.2, 0) is 16.9 Å². The van der Waals surface area contributed by atoms with E-state index in [1.54, 1.807) is 18.4 Å². The van der Waals surface area contributed by atoms with Gasteiger partial charge in [-0.05, 0) is 45.0 Å². The van der Waals surface area contributed by atoms with E-state index in [-0.39, 0.29) is 36.0 Å². The van der Waals surface area contributed by atoms with Crippen molar-refractivity contribution in [3.63, 3.8) is 0 Å². The molecule has 186 valence electrons. The van der Waals surface area contributed by atoms with Crippen LogP contribution in [0.1, 0.15) is 26.6 Å². The first kappa shape index (κ1) is 24.6. The molecule has 0 spiro atoms. The highest BCUT2D eigenvalue weighted by atomic mass is 19.2. The number of amides is 1. The number of aliphatic hydroxyl groups is 1. The normalized spacial score (nSPS) is 16.5. The fourth-order valence-electron chi connectivity index (χ4n) is 4.10. The Hall–Kier alpha value is -3.51. The molecule has 0 aliphatic carbocycles. The molecule has 0 fully saturated rings. The monoisotopic (exact) mass is 492 g/mol. The number of imidazole rings is 1. The van der Waals surface area contributed by atoms with Gasteiger partial charge in [-0.15, -0.1) is 0 Å². The van der Waals surface area contributed by atoms with Gasteiger partial charge >= 0.3 is 0 Å². The van der Waals surface area contributed by atoms with Crippen LogP contribution >= 0.6 is 0 Å². The topological polar surface area (TPSA) is 109 Å². The molecule has 12 heteroatoms. The first-order valence-electron chi connectivity index (χ1n) is 10.8. The van der Waals surface area contributed by atoms with Crippen LogP contribution in [0.4, 0.5) is 29.2 Å². The number of hydrogen-bond acceptors (Lipinski definition) is 6. The van der Waals surface area contributed by atoms with Crippen LogP contribution in [0, 0.1) is 23.3 Å². The van der Waals surface area contributed by atoms with Crippen molar-refractivity contribution in [2.75, 3.05) is 11.9 Å². The molecule has 35 heavy (non-hydrogen) atoms. The zero-order chi connectivity index (χ0) is 25.7. The Morgan fingerprint density at radius 2 is 1.83 bits per heavy atom. The predicted octanol–water partition coefficient (Wildman–Crippen LogP) is 3.03. The lowest BCUT2D eigenvalue weighted by atomic mass is 9.97. The Kier molecular flexibility index (Phi) is 6.28. The van der Waals surface area contributed by atoms with Crippen LogP contribution in [0.3, 0.4) is 0 Å². The second-order valence-electron chi connectivity index (χ2n) is 8.84. The van der Waals surface area contributed by atoms with E-state index in [0.29, 0.717) is 5.82 Å². The van der Waals surface area contributed by atoms with Crippen LogP contribution in [0.25, 0.3) is 11.3 Å². The molecule has 0 bridgehead atoms. The molecule has 1 aliphatic rings. The molecule has 3 heterocycles. The number of aromatic nitrogens is 3. The van der Waals surface area contributed by atoms with Crippen molar-refractivity contribution in [2.24, 2.45) is 5.73 Å². The lowest BCUT2D eigenvalue weighted by Gasteiger charge is -2.43. The number of anilines is 2. The van der Waals surface area contributed by atoms with Gasteiger partial charge in [0.2, 0.25) is 5.91 Å². The first-order chi connectivity index (χ1) is 16.4. The molecule has 0 saturated carbocycles. The van der Waals surface area contributed by atoms with E-state index >= 15 is 0 Å². The number of nitrogens with zero attached hydrogens (tertiary/aromatic N) is 4.